The molecule has 0 saturated heterocycles. The Kier molecular flexibility index (Phi) is 10.2. The second-order valence-corrected chi connectivity index (χ2v) is 6.43. The van der Waals surface area contributed by atoms with Crippen LogP contribution in [0.25, 0.3) is 0 Å². The predicted octanol–water partition coefficient (Wildman–Crippen LogP) is 3.57. The van der Waals surface area contributed by atoms with Gasteiger partial charge in [0, 0.05) is 44.8 Å². The van der Waals surface area contributed by atoms with Gasteiger partial charge in [0.2, 0.25) is 0 Å². The van der Waals surface area contributed by atoms with Crippen molar-refractivity contribution in [1.29, 1.82) is 0 Å². The number of guanidine groups is 1. The third kappa shape index (κ3) is 7.38. The lowest BCUT2D eigenvalue weighted by Gasteiger charge is -2.22. The molecule has 2 rings (SSSR count). The summed E-state index contributed by atoms with van der Waals surface area (Å²) in [5.41, 5.74) is 2.90. The van der Waals surface area contributed by atoms with Gasteiger partial charge < -0.3 is 15.5 Å². The van der Waals surface area contributed by atoms with E-state index in [-0.39, 0.29) is 29.9 Å². The van der Waals surface area contributed by atoms with E-state index in [2.05, 4.69) is 15.6 Å². The fourth-order valence-electron chi connectivity index (χ4n) is 2.70. The van der Waals surface area contributed by atoms with E-state index in [1.807, 2.05) is 60.5 Å². The highest BCUT2D eigenvalue weighted by atomic mass is 127. The van der Waals surface area contributed by atoms with Gasteiger partial charge in [0.25, 0.3) is 5.91 Å². The summed E-state index contributed by atoms with van der Waals surface area (Å²) in [5.74, 6) is 0.740. The van der Waals surface area contributed by atoms with Gasteiger partial charge >= 0.3 is 0 Å². The molecule has 0 saturated carbocycles. The Hall–Kier alpha value is -1.80. The van der Waals surface area contributed by atoms with Crippen LogP contribution in [0.5, 0.6) is 0 Å². The molecule has 1 amide bonds. The number of benzene rings is 2. The third-order valence-corrected chi connectivity index (χ3v) is 4.23. The van der Waals surface area contributed by atoms with Crippen LogP contribution in [-0.2, 0) is 13.0 Å². The number of carbonyl (C=O) groups excluding carboxylic acids is 1. The Morgan fingerprint density at radius 2 is 1.85 bits per heavy atom. The van der Waals surface area contributed by atoms with E-state index in [0.717, 1.165) is 35.1 Å². The van der Waals surface area contributed by atoms with Crippen molar-refractivity contribution in [1.82, 2.24) is 15.5 Å². The Labute approximate surface area is 183 Å². The summed E-state index contributed by atoms with van der Waals surface area (Å²) >= 11 is 6.05. The Morgan fingerprint density at radius 3 is 2.52 bits per heavy atom. The van der Waals surface area contributed by atoms with Gasteiger partial charge in [0.05, 0.1) is 0 Å². The highest BCUT2D eigenvalue weighted by molar-refractivity contribution is 14.0. The van der Waals surface area contributed by atoms with Gasteiger partial charge in [-0.1, -0.05) is 35.9 Å². The minimum Gasteiger partial charge on any atom is -0.356 e. The summed E-state index contributed by atoms with van der Waals surface area (Å²) in [6.07, 6.45) is 0.800. The number of amides is 1. The molecule has 27 heavy (non-hydrogen) atoms. The fourth-order valence-corrected chi connectivity index (χ4v) is 2.91. The molecule has 7 heteroatoms. The molecule has 0 aliphatic carbocycles. The minimum atomic E-state index is -0.0723. The van der Waals surface area contributed by atoms with Gasteiger partial charge in [-0.25, -0.2) is 0 Å². The van der Waals surface area contributed by atoms with Crippen molar-refractivity contribution in [3.8, 4) is 0 Å². The number of nitrogens with zero attached hydrogens (tertiary/aromatic N) is 2. The molecule has 2 aromatic carbocycles. The van der Waals surface area contributed by atoms with E-state index in [9.17, 15) is 4.79 Å². The average Bonchev–Trinajstić information content (AvgIpc) is 2.64. The van der Waals surface area contributed by atoms with E-state index in [4.69, 9.17) is 11.6 Å². The maximum atomic E-state index is 11.7. The van der Waals surface area contributed by atoms with Crippen LogP contribution in [-0.4, -0.2) is 44.5 Å². The van der Waals surface area contributed by atoms with Crippen molar-refractivity contribution in [3.63, 3.8) is 0 Å². The summed E-state index contributed by atoms with van der Waals surface area (Å²) < 4.78 is 0. The second-order valence-electron chi connectivity index (χ2n) is 5.99. The maximum absolute atomic E-state index is 11.7. The quantitative estimate of drug-likeness (QED) is 0.362. The van der Waals surface area contributed by atoms with Crippen molar-refractivity contribution in [3.05, 3.63) is 70.2 Å². The zero-order valence-electron chi connectivity index (χ0n) is 15.8. The van der Waals surface area contributed by atoms with E-state index < -0.39 is 0 Å². The summed E-state index contributed by atoms with van der Waals surface area (Å²) in [5, 5.41) is 6.73. The Morgan fingerprint density at radius 1 is 1.15 bits per heavy atom. The number of rotatable bonds is 6. The normalized spacial score (nSPS) is 10.7. The molecule has 0 aliphatic heterocycles. The van der Waals surface area contributed by atoms with E-state index in [1.165, 1.54) is 0 Å². The molecule has 0 atom stereocenters. The molecule has 0 aromatic heterocycles. The topological polar surface area (TPSA) is 56.7 Å². The maximum Gasteiger partial charge on any atom is 0.251 e. The van der Waals surface area contributed by atoms with Crippen LogP contribution in [0.3, 0.4) is 0 Å². The van der Waals surface area contributed by atoms with Crippen molar-refractivity contribution >= 4 is 47.4 Å². The number of aliphatic imine (C=N–C) groups is 1. The summed E-state index contributed by atoms with van der Waals surface area (Å²) in [6.45, 7) is 1.44. The van der Waals surface area contributed by atoms with E-state index in [1.54, 1.807) is 14.1 Å². The standard InChI is InChI=1S/C20H25ClN4O.HI/c1-22-19(26)17-8-4-6-15(12-17)10-11-24-20(23-2)25(3)14-16-7-5-9-18(21)13-16;/h4-9,12-13H,10-11,14H2,1-3H3,(H,22,26)(H,23,24);1H. The van der Waals surface area contributed by atoms with Crippen LogP contribution in [0.2, 0.25) is 5.02 Å². The first-order chi connectivity index (χ1) is 12.5. The smallest absolute Gasteiger partial charge is 0.251 e. The summed E-state index contributed by atoms with van der Waals surface area (Å²) in [7, 11) is 5.39. The van der Waals surface area contributed by atoms with Crippen LogP contribution >= 0.6 is 35.6 Å². The number of nitrogens with one attached hydrogen (secondary N) is 2. The monoisotopic (exact) mass is 500 g/mol. The molecule has 2 aromatic rings. The molecule has 2 N–H and O–H groups in total. The number of hydrogen-bond acceptors (Lipinski definition) is 2. The van der Waals surface area contributed by atoms with Crippen LogP contribution in [0.4, 0.5) is 0 Å². The predicted molar refractivity (Wildman–Crippen MR) is 123 cm³/mol. The van der Waals surface area contributed by atoms with Gasteiger partial charge in [-0.05, 0) is 41.8 Å². The first kappa shape index (κ1) is 23.2. The molecule has 0 fully saturated rings. The van der Waals surface area contributed by atoms with Crippen LogP contribution in [0, 0.1) is 0 Å². The zero-order chi connectivity index (χ0) is 18.9. The van der Waals surface area contributed by atoms with Crippen LogP contribution in [0.15, 0.2) is 53.5 Å². The van der Waals surface area contributed by atoms with Crippen molar-refractivity contribution in [2.75, 3.05) is 27.7 Å². The Balaban J connectivity index is 0.00000364. The van der Waals surface area contributed by atoms with Crippen molar-refractivity contribution in [2.45, 2.75) is 13.0 Å². The molecule has 0 radical (unpaired) electrons. The lowest BCUT2D eigenvalue weighted by molar-refractivity contribution is 0.0963. The summed E-state index contributed by atoms with van der Waals surface area (Å²) in [6, 6.07) is 15.5. The minimum absolute atomic E-state index is 0. The number of hydrogen-bond donors (Lipinski definition) is 2. The highest BCUT2D eigenvalue weighted by Crippen LogP contribution is 2.12. The molecular formula is C20H26ClIN4O. The van der Waals surface area contributed by atoms with Crippen molar-refractivity contribution < 1.29 is 4.79 Å². The fraction of sp³-hybridized carbons (Fsp3) is 0.300. The summed E-state index contributed by atoms with van der Waals surface area (Å²) in [4.78, 5) is 18.1. The third-order valence-electron chi connectivity index (χ3n) is 4.00. The molecule has 0 spiro atoms. The molecule has 0 heterocycles. The molecule has 0 unspecified atom stereocenters. The first-order valence-corrected chi connectivity index (χ1v) is 8.88. The van der Waals surface area contributed by atoms with Gasteiger partial charge in [0.15, 0.2) is 5.96 Å². The zero-order valence-corrected chi connectivity index (χ0v) is 18.9. The number of halogens is 2. The molecule has 146 valence electrons. The number of carbonyl (C=O) groups is 1. The largest absolute Gasteiger partial charge is 0.356 e. The lowest BCUT2D eigenvalue weighted by Crippen LogP contribution is -2.39. The first-order valence-electron chi connectivity index (χ1n) is 8.50. The van der Waals surface area contributed by atoms with Gasteiger partial charge in [-0.2, -0.15) is 0 Å². The van der Waals surface area contributed by atoms with Crippen LogP contribution < -0.4 is 10.6 Å². The highest BCUT2D eigenvalue weighted by Gasteiger charge is 2.08. The lowest BCUT2D eigenvalue weighted by atomic mass is 10.1. The SMILES string of the molecule is CN=C(NCCc1cccc(C(=O)NC)c1)N(C)Cc1cccc(Cl)c1.I. The van der Waals surface area contributed by atoms with Gasteiger partial charge in [-0.3, -0.25) is 9.79 Å². The van der Waals surface area contributed by atoms with E-state index in [0.29, 0.717) is 12.1 Å². The molecule has 5 nitrogen and oxygen atoms in total. The van der Waals surface area contributed by atoms with Gasteiger partial charge in [-0.15, -0.1) is 24.0 Å². The second kappa shape index (κ2) is 11.8. The van der Waals surface area contributed by atoms with Gasteiger partial charge in [0.1, 0.15) is 0 Å². The van der Waals surface area contributed by atoms with Crippen LogP contribution in [0.1, 0.15) is 21.5 Å². The molecular weight excluding hydrogens is 475 g/mol. The van der Waals surface area contributed by atoms with E-state index >= 15 is 0 Å². The molecule has 0 bridgehead atoms. The van der Waals surface area contributed by atoms with Crippen molar-refractivity contribution in [2.24, 2.45) is 4.99 Å². The Bertz CT molecular complexity index is 782. The average molecular weight is 501 g/mol. The molecule has 0 aliphatic rings.